The molecule has 1 N–H and O–H groups in total. The van der Waals surface area contributed by atoms with Crippen molar-refractivity contribution in [2.45, 2.75) is 32.7 Å². The fourth-order valence-electron chi connectivity index (χ4n) is 4.03. The van der Waals surface area contributed by atoms with Crippen molar-refractivity contribution in [2.75, 3.05) is 32.8 Å². The highest BCUT2D eigenvalue weighted by Gasteiger charge is 2.48. The van der Waals surface area contributed by atoms with Gasteiger partial charge in [0.05, 0.1) is 6.61 Å². The van der Waals surface area contributed by atoms with Crippen molar-refractivity contribution in [1.82, 2.24) is 10.2 Å². The zero-order valence-electron chi connectivity index (χ0n) is 13.6. The van der Waals surface area contributed by atoms with Gasteiger partial charge in [-0.05, 0) is 63.3 Å². The monoisotopic (exact) mass is 288 g/mol. The molecule has 0 saturated carbocycles. The summed E-state index contributed by atoms with van der Waals surface area (Å²) < 4.78 is 5.87. The fourth-order valence-corrected chi connectivity index (χ4v) is 4.03. The van der Waals surface area contributed by atoms with Crippen LogP contribution in [0.2, 0.25) is 0 Å². The molecule has 2 aliphatic heterocycles. The van der Waals surface area contributed by atoms with E-state index in [1.807, 2.05) is 6.07 Å². The Kier molecular flexibility index (Phi) is 4.23. The number of aryl methyl sites for hydroxylation is 1. The Morgan fingerprint density at radius 1 is 1.33 bits per heavy atom. The Morgan fingerprint density at radius 2 is 2.19 bits per heavy atom. The molecule has 3 heteroatoms. The second-order valence-electron chi connectivity index (χ2n) is 7.14. The predicted molar refractivity (Wildman–Crippen MR) is 86.8 cm³/mol. The summed E-state index contributed by atoms with van der Waals surface area (Å²) in [5.41, 5.74) is 1.59. The minimum atomic E-state index is 0.331. The lowest BCUT2D eigenvalue weighted by molar-refractivity contribution is 0.130. The van der Waals surface area contributed by atoms with Gasteiger partial charge in [-0.3, -0.25) is 4.90 Å². The van der Waals surface area contributed by atoms with Crippen LogP contribution in [0.5, 0.6) is 5.75 Å². The number of nitrogens with one attached hydrogen (secondary N) is 1. The van der Waals surface area contributed by atoms with Crippen LogP contribution in [0.4, 0.5) is 0 Å². The summed E-state index contributed by atoms with van der Waals surface area (Å²) in [6.45, 7) is 12.5. The zero-order valence-corrected chi connectivity index (χ0v) is 13.6. The minimum absolute atomic E-state index is 0.331. The first-order valence-electron chi connectivity index (χ1n) is 8.22. The van der Waals surface area contributed by atoms with Gasteiger partial charge < -0.3 is 10.1 Å². The first kappa shape index (κ1) is 14.9. The summed E-state index contributed by atoms with van der Waals surface area (Å²) in [6, 6.07) is 8.31. The van der Waals surface area contributed by atoms with Gasteiger partial charge >= 0.3 is 0 Å². The van der Waals surface area contributed by atoms with Crippen LogP contribution in [0.15, 0.2) is 24.3 Å². The van der Waals surface area contributed by atoms with E-state index in [4.69, 9.17) is 4.74 Å². The van der Waals surface area contributed by atoms with Crippen LogP contribution >= 0.6 is 0 Å². The maximum atomic E-state index is 5.87. The smallest absolute Gasteiger partial charge is 0.119 e. The van der Waals surface area contributed by atoms with Gasteiger partial charge in [0.1, 0.15) is 5.75 Å². The van der Waals surface area contributed by atoms with Crippen molar-refractivity contribution in [2.24, 2.45) is 11.8 Å². The van der Waals surface area contributed by atoms with E-state index in [2.05, 4.69) is 49.2 Å². The number of benzene rings is 1. The van der Waals surface area contributed by atoms with Crippen molar-refractivity contribution in [3.8, 4) is 5.75 Å². The van der Waals surface area contributed by atoms with E-state index in [0.29, 0.717) is 5.54 Å². The molecule has 0 spiro atoms. The first-order chi connectivity index (χ1) is 10.1. The molecule has 2 atom stereocenters. The first-order valence-corrected chi connectivity index (χ1v) is 8.22. The molecule has 0 aromatic heterocycles. The van der Waals surface area contributed by atoms with Gasteiger partial charge in [0.25, 0.3) is 0 Å². The van der Waals surface area contributed by atoms with Gasteiger partial charge in [0.15, 0.2) is 0 Å². The van der Waals surface area contributed by atoms with E-state index in [1.54, 1.807) is 0 Å². The number of hydrogen-bond donors (Lipinski definition) is 1. The Labute approximate surface area is 128 Å². The van der Waals surface area contributed by atoms with Gasteiger partial charge in [-0.25, -0.2) is 0 Å². The molecule has 2 unspecified atom stereocenters. The lowest BCUT2D eigenvalue weighted by atomic mass is 9.85. The molecule has 1 aromatic carbocycles. The van der Waals surface area contributed by atoms with Crippen LogP contribution < -0.4 is 10.1 Å². The Bertz CT molecular complexity index is 486. The number of ether oxygens (including phenoxy) is 1. The zero-order chi connectivity index (χ0) is 14.9. The lowest BCUT2D eigenvalue weighted by Crippen LogP contribution is -2.45. The minimum Gasteiger partial charge on any atom is -0.494 e. The van der Waals surface area contributed by atoms with Gasteiger partial charge in [0, 0.05) is 25.2 Å². The SMILES string of the molecule is Cc1cccc(OCCCN2CC3CNCC3C2(C)C)c1. The molecule has 2 fully saturated rings. The third-order valence-electron chi connectivity index (χ3n) is 5.35. The highest BCUT2D eigenvalue weighted by atomic mass is 16.5. The second-order valence-corrected chi connectivity index (χ2v) is 7.14. The van der Waals surface area contributed by atoms with Crippen LogP contribution in [0.3, 0.4) is 0 Å². The third kappa shape index (κ3) is 3.09. The molecule has 21 heavy (non-hydrogen) atoms. The maximum absolute atomic E-state index is 5.87. The summed E-state index contributed by atoms with van der Waals surface area (Å²) >= 11 is 0. The van der Waals surface area contributed by atoms with E-state index in [9.17, 15) is 0 Å². The molecule has 2 aliphatic rings. The Hall–Kier alpha value is -1.06. The molecule has 2 heterocycles. The van der Waals surface area contributed by atoms with E-state index in [0.717, 1.165) is 37.2 Å². The summed E-state index contributed by atoms with van der Waals surface area (Å²) in [7, 11) is 0. The standard InChI is InChI=1S/C18H28N2O/c1-14-6-4-7-16(10-14)21-9-5-8-20-13-15-11-19-12-17(15)18(20,2)3/h4,6-7,10,15,17,19H,5,8-9,11-13H2,1-3H3. The average Bonchev–Trinajstić information content (AvgIpc) is 2.98. The largest absolute Gasteiger partial charge is 0.494 e. The molecule has 0 radical (unpaired) electrons. The van der Waals surface area contributed by atoms with E-state index in [1.165, 1.54) is 25.2 Å². The van der Waals surface area contributed by atoms with Crippen molar-refractivity contribution in [1.29, 1.82) is 0 Å². The fraction of sp³-hybridized carbons (Fsp3) is 0.667. The molecule has 2 saturated heterocycles. The summed E-state index contributed by atoms with van der Waals surface area (Å²) in [5, 5.41) is 3.54. The maximum Gasteiger partial charge on any atom is 0.119 e. The van der Waals surface area contributed by atoms with Gasteiger partial charge in [-0.1, -0.05) is 12.1 Å². The summed E-state index contributed by atoms with van der Waals surface area (Å²) in [6.07, 6.45) is 1.10. The van der Waals surface area contributed by atoms with Gasteiger partial charge in [-0.15, -0.1) is 0 Å². The topological polar surface area (TPSA) is 24.5 Å². The molecule has 0 amide bonds. The van der Waals surface area contributed by atoms with E-state index >= 15 is 0 Å². The van der Waals surface area contributed by atoms with Crippen LogP contribution in [0.1, 0.15) is 25.8 Å². The van der Waals surface area contributed by atoms with Gasteiger partial charge in [0.2, 0.25) is 0 Å². The summed E-state index contributed by atoms with van der Waals surface area (Å²) in [4.78, 5) is 2.67. The van der Waals surface area contributed by atoms with Crippen molar-refractivity contribution < 1.29 is 4.74 Å². The normalized spacial score (nSPS) is 27.8. The summed E-state index contributed by atoms with van der Waals surface area (Å²) in [5.74, 6) is 2.66. The molecule has 1 aromatic rings. The third-order valence-corrected chi connectivity index (χ3v) is 5.35. The quantitative estimate of drug-likeness (QED) is 0.843. The van der Waals surface area contributed by atoms with Crippen LogP contribution in [-0.4, -0.2) is 43.2 Å². The number of likely N-dealkylation sites (tertiary alicyclic amines) is 1. The second kappa shape index (κ2) is 5.98. The molecule has 0 bridgehead atoms. The van der Waals surface area contributed by atoms with Crippen LogP contribution in [-0.2, 0) is 0 Å². The van der Waals surface area contributed by atoms with Crippen LogP contribution in [0, 0.1) is 18.8 Å². The number of hydrogen-bond acceptors (Lipinski definition) is 3. The average molecular weight is 288 g/mol. The van der Waals surface area contributed by atoms with Crippen molar-refractivity contribution in [3.63, 3.8) is 0 Å². The van der Waals surface area contributed by atoms with Gasteiger partial charge in [-0.2, -0.15) is 0 Å². The molecule has 3 nitrogen and oxygen atoms in total. The highest BCUT2D eigenvalue weighted by molar-refractivity contribution is 5.27. The lowest BCUT2D eigenvalue weighted by Gasteiger charge is -2.35. The van der Waals surface area contributed by atoms with E-state index in [-0.39, 0.29) is 0 Å². The number of rotatable bonds is 5. The molecular formula is C18H28N2O. The molecule has 116 valence electrons. The van der Waals surface area contributed by atoms with Crippen LogP contribution in [0.25, 0.3) is 0 Å². The Balaban J connectivity index is 1.46. The highest BCUT2D eigenvalue weighted by Crippen LogP contribution is 2.40. The number of fused-ring (bicyclic) bond motifs is 1. The Morgan fingerprint density at radius 3 is 2.95 bits per heavy atom. The van der Waals surface area contributed by atoms with Crippen molar-refractivity contribution >= 4 is 0 Å². The van der Waals surface area contributed by atoms with E-state index < -0.39 is 0 Å². The molecule has 3 rings (SSSR count). The molecular weight excluding hydrogens is 260 g/mol. The number of nitrogens with zero attached hydrogens (tertiary/aromatic N) is 1. The predicted octanol–water partition coefficient (Wildman–Crippen LogP) is 2.69. The van der Waals surface area contributed by atoms with Crippen molar-refractivity contribution in [3.05, 3.63) is 29.8 Å². The molecule has 0 aliphatic carbocycles.